The average molecular weight is 1070 g/mol. The van der Waals surface area contributed by atoms with Crippen LogP contribution >= 0.6 is 0 Å². The van der Waals surface area contributed by atoms with Crippen LogP contribution in [0.2, 0.25) is 0 Å². The summed E-state index contributed by atoms with van der Waals surface area (Å²) in [5, 5.41) is 4.00. The van der Waals surface area contributed by atoms with Crippen LogP contribution in [-0.4, -0.2) is 93.8 Å². The van der Waals surface area contributed by atoms with Crippen molar-refractivity contribution < 1.29 is 47.5 Å². The van der Waals surface area contributed by atoms with E-state index in [9.17, 15) is 9.59 Å². The van der Waals surface area contributed by atoms with Gasteiger partial charge in [0.1, 0.15) is 36.2 Å². The second-order valence-electron chi connectivity index (χ2n) is 18.5. The Balaban J connectivity index is 0.981. The minimum absolute atomic E-state index is 0.321. The van der Waals surface area contributed by atoms with Crippen LogP contribution in [0.1, 0.15) is 75.0 Å². The summed E-state index contributed by atoms with van der Waals surface area (Å²) < 4.78 is 45.2. The van der Waals surface area contributed by atoms with Gasteiger partial charge in [-0.3, -0.25) is 9.98 Å². The van der Waals surface area contributed by atoms with Crippen LogP contribution in [0, 0.1) is 0 Å². The largest absolute Gasteiger partial charge is 0.494 e. The zero-order valence-corrected chi connectivity index (χ0v) is 44.9. The fraction of sp³-hybridized carbons (Fsp3) is 0.292. The fourth-order valence-corrected chi connectivity index (χ4v) is 8.63. The van der Waals surface area contributed by atoms with Crippen LogP contribution < -0.4 is 18.9 Å². The van der Waals surface area contributed by atoms with Crippen molar-refractivity contribution in [2.75, 3.05) is 59.5 Å². The Morgan fingerprint density at radius 2 is 0.949 bits per heavy atom. The number of unbranched alkanes of at least 4 members (excludes halogenated alkanes) is 6. The van der Waals surface area contributed by atoms with Crippen LogP contribution in [0.5, 0.6) is 23.0 Å². The van der Waals surface area contributed by atoms with E-state index in [1.54, 1.807) is 0 Å². The monoisotopic (exact) mass is 1060 g/mol. The minimum Gasteiger partial charge on any atom is -0.494 e. The number of hydrogen-bond acceptors (Lipinski definition) is 14. The molecule has 0 bridgehead atoms. The molecule has 0 amide bonds. The van der Waals surface area contributed by atoms with Gasteiger partial charge in [0.15, 0.2) is 0 Å². The molecule has 0 fully saturated rings. The van der Waals surface area contributed by atoms with Crippen LogP contribution in [0.15, 0.2) is 163 Å². The Hall–Kier alpha value is -8.46. The number of aliphatic imine (C=N–C) groups is 2. The van der Waals surface area contributed by atoms with Crippen molar-refractivity contribution in [1.82, 2.24) is 9.97 Å². The van der Waals surface area contributed by atoms with Gasteiger partial charge >= 0.3 is 11.9 Å². The number of hydrogen-bond donors (Lipinski definition) is 0. The highest BCUT2D eigenvalue weighted by Crippen LogP contribution is 2.36. The maximum atomic E-state index is 11.2. The molecule has 0 aliphatic rings. The first-order valence-electron chi connectivity index (χ1n) is 27.1. The molecule has 79 heavy (non-hydrogen) atoms. The summed E-state index contributed by atoms with van der Waals surface area (Å²) in [5.41, 5.74) is 7.44. The van der Waals surface area contributed by atoms with Crippen molar-refractivity contribution in [1.29, 1.82) is 0 Å². The summed E-state index contributed by atoms with van der Waals surface area (Å²) in [6.45, 7) is 13.8. The predicted octanol–water partition coefficient (Wildman–Crippen LogP) is 13.9. The molecule has 1 aromatic heterocycles. The molecule has 408 valence electrons. The third-order valence-electron chi connectivity index (χ3n) is 12.7. The van der Waals surface area contributed by atoms with E-state index in [0.29, 0.717) is 77.6 Å². The topological polar surface area (TPSA) is 158 Å². The van der Waals surface area contributed by atoms with Crippen molar-refractivity contribution in [3.63, 3.8) is 0 Å². The van der Waals surface area contributed by atoms with Crippen molar-refractivity contribution in [2.24, 2.45) is 9.98 Å². The first kappa shape index (κ1) is 56.7. The van der Waals surface area contributed by atoms with E-state index in [0.717, 1.165) is 135 Å². The van der Waals surface area contributed by atoms with Gasteiger partial charge in [0, 0.05) is 48.0 Å². The molecule has 0 spiro atoms. The molecular weight excluding hydrogens is 997 g/mol. The Bertz CT molecular complexity index is 3360. The lowest BCUT2D eigenvalue weighted by Crippen LogP contribution is -2.10. The standard InChI is InChI=1S/C65H68N4O10/c1-4-62(70)77-34-13-9-7-11-32-74-52-25-21-50(22-26-52)66-44-47-18-29-56-57-30-19-48(45-67-51-23-27-53(28-24-51)75-33-12-8-10-14-35-78-63(71)5-2)41-59(57)65-64(58(56)40-47)68-60-31-20-49(42-61(60)69-65)46-79-55-17-15-16-54(43-55)76-39-38-73-37-36-72-6-3/h4-5,15-31,40-45H,1-2,6-14,32-39,46H2,3H3. The van der Waals surface area contributed by atoms with Crippen LogP contribution in [-0.2, 0) is 35.1 Å². The Kier molecular flexibility index (Phi) is 21.9. The molecule has 0 saturated heterocycles. The molecule has 0 atom stereocenters. The lowest BCUT2D eigenvalue weighted by molar-refractivity contribution is -0.138. The molecule has 0 radical (unpaired) electrons. The number of carbonyl (C=O) groups excluding carboxylic acids is 2. The predicted molar refractivity (Wildman–Crippen MR) is 313 cm³/mol. The number of esters is 2. The lowest BCUT2D eigenvalue weighted by atomic mass is 9.96. The van der Waals surface area contributed by atoms with Crippen molar-refractivity contribution in [2.45, 2.75) is 64.9 Å². The smallest absolute Gasteiger partial charge is 0.330 e. The average Bonchev–Trinajstić information content (AvgIpc) is 3.68. The lowest BCUT2D eigenvalue weighted by Gasteiger charge is -2.13. The Labute approximate surface area is 461 Å². The third-order valence-corrected chi connectivity index (χ3v) is 12.7. The number of carbonyl (C=O) groups is 2. The quantitative estimate of drug-likeness (QED) is 0.00959. The fourth-order valence-electron chi connectivity index (χ4n) is 8.63. The van der Waals surface area contributed by atoms with Gasteiger partial charge in [-0.2, -0.15) is 0 Å². The first-order valence-corrected chi connectivity index (χ1v) is 27.1. The molecule has 14 heteroatoms. The summed E-state index contributed by atoms with van der Waals surface area (Å²) in [6.07, 6.45) is 13.4. The number of aromatic nitrogens is 2. The van der Waals surface area contributed by atoms with Gasteiger partial charge in [-0.1, -0.05) is 49.6 Å². The zero-order chi connectivity index (χ0) is 54.9. The normalized spacial score (nSPS) is 11.5. The van der Waals surface area contributed by atoms with E-state index in [1.165, 1.54) is 12.2 Å². The maximum Gasteiger partial charge on any atom is 0.330 e. The van der Waals surface area contributed by atoms with Gasteiger partial charge in [0.05, 0.1) is 79.7 Å². The van der Waals surface area contributed by atoms with Gasteiger partial charge in [0.2, 0.25) is 0 Å². The van der Waals surface area contributed by atoms with Crippen LogP contribution in [0.3, 0.4) is 0 Å². The molecule has 1 heterocycles. The summed E-state index contributed by atoms with van der Waals surface area (Å²) in [7, 11) is 0. The summed E-state index contributed by atoms with van der Waals surface area (Å²) in [4.78, 5) is 42.8. The molecule has 0 unspecified atom stereocenters. The van der Waals surface area contributed by atoms with E-state index >= 15 is 0 Å². The molecule has 0 N–H and O–H groups in total. The second kappa shape index (κ2) is 30.5. The molecule has 8 rings (SSSR count). The number of nitrogens with zero attached hydrogens (tertiary/aromatic N) is 4. The van der Waals surface area contributed by atoms with Gasteiger partial charge < -0.3 is 37.9 Å². The summed E-state index contributed by atoms with van der Waals surface area (Å²) in [5.74, 6) is 2.19. The molecule has 8 aromatic rings. The highest BCUT2D eigenvalue weighted by atomic mass is 16.5. The molecule has 14 nitrogen and oxygen atoms in total. The number of rotatable bonds is 33. The molecule has 7 aromatic carbocycles. The van der Waals surface area contributed by atoms with E-state index < -0.39 is 0 Å². The maximum absolute atomic E-state index is 11.2. The molecule has 0 aliphatic carbocycles. The summed E-state index contributed by atoms with van der Waals surface area (Å²) in [6, 6.07) is 41.9. The number of benzene rings is 7. The van der Waals surface area contributed by atoms with Gasteiger partial charge in [0.25, 0.3) is 0 Å². The van der Waals surface area contributed by atoms with Gasteiger partial charge in [-0.25, -0.2) is 19.6 Å². The van der Waals surface area contributed by atoms with E-state index in [4.69, 9.17) is 57.8 Å². The van der Waals surface area contributed by atoms with E-state index in [1.807, 2.05) is 110 Å². The van der Waals surface area contributed by atoms with Crippen molar-refractivity contribution in [3.8, 4) is 23.0 Å². The molecule has 0 saturated carbocycles. The van der Waals surface area contributed by atoms with Gasteiger partial charge in [-0.05, 0) is 171 Å². The highest BCUT2D eigenvalue weighted by Gasteiger charge is 2.15. The SMILES string of the molecule is C=CC(=O)OCCCCCCOc1ccc(N=Cc2ccc3c4ccc(C=Nc5ccc(OCCCCCCOC(=O)C=C)cc5)cc4c4nc5cc(COc6cccc(OCCOCCOCC)c6)ccc5nc4c3c2)cc1. The number of fused-ring (bicyclic) bond motifs is 7. The van der Waals surface area contributed by atoms with E-state index in [2.05, 4.69) is 49.6 Å². The Morgan fingerprint density at radius 1 is 0.456 bits per heavy atom. The van der Waals surface area contributed by atoms with Crippen molar-refractivity contribution in [3.05, 3.63) is 169 Å². The molecular formula is C65H68N4O10. The number of ether oxygens (including phenoxy) is 8. The third kappa shape index (κ3) is 17.5. The Morgan fingerprint density at radius 3 is 1.49 bits per heavy atom. The molecule has 0 aliphatic heterocycles. The zero-order valence-electron chi connectivity index (χ0n) is 44.9. The van der Waals surface area contributed by atoms with E-state index in [-0.39, 0.29) is 11.9 Å². The van der Waals surface area contributed by atoms with Gasteiger partial charge in [-0.15, -0.1) is 0 Å². The first-order chi connectivity index (χ1) is 38.8. The summed E-state index contributed by atoms with van der Waals surface area (Å²) >= 11 is 0. The van der Waals surface area contributed by atoms with Crippen LogP contribution in [0.4, 0.5) is 11.4 Å². The second-order valence-corrected chi connectivity index (χ2v) is 18.5. The van der Waals surface area contributed by atoms with Crippen molar-refractivity contribution >= 4 is 79.4 Å². The highest BCUT2D eigenvalue weighted by molar-refractivity contribution is 6.25. The minimum atomic E-state index is -0.386. The van der Waals surface area contributed by atoms with Crippen LogP contribution in [0.25, 0.3) is 43.6 Å².